The van der Waals surface area contributed by atoms with Gasteiger partial charge in [-0.2, -0.15) is 0 Å². The zero-order valence-electron chi connectivity index (χ0n) is 15.2. The minimum Gasteiger partial charge on any atom is -0.497 e. The van der Waals surface area contributed by atoms with Crippen molar-refractivity contribution in [2.24, 2.45) is 0 Å². The second kappa shape index (κ2) is 7.46. The van der Waals surface area contributed by atoms with Gasteiger partial charge in [0.15, 0.2) is 0 Å². The second-order valence-electron chi connectivity index (χ2n) is 6.53. The molecule has 2 aromatic rings. The molecule has 0 radical (unpaired) electrons. The van der Waals surface area contributed by atoms with Gasteiger partial charge in [0.25, 0.3) is 0 Å². The van der Waals surface area contributed by atoms with E-state index in [1.54, 1.807) is 19.2 Å². The molecule has 146 valence electrons. The molecule has 6 nitrogen and oxygen atoms in total. The number of fused-ring (bicyclic) bond motifs is 1. The van der Waals surface area contributed by atoms with Gasteiger partial charge in [-0.05, 0) is 60.7 Å². The third-order valence-corrected chi connectivity index (χ3v) is 6.24. The van der Waals surface area contributed by atoms with Gasteiger partial charge in [-0.25, -0.2) is 17.5 Å². The van der Waals surface area contributed by atoms with Gasteiger partial charge < -0.3 is 14.6 Å². The van der Waals surface area contributed by atoms with Crippen LogP contribution in [0.2, 0.25) is 0 Å². The fraction of sp³-hybridized carbons (Fsp3) is 0.368. The summed E-state index contributed by atoms with van der Waals surface area (Å²) in [5, 5.41) is 11.1. The van der Waals surface area contributed by atoms with E-state index in [4.69, 9.17) is 9.47 Å². The normalized spacial score (nSPS) is 19.4. The molecule has 2 aromatic carbocycles. The predicted octanol–water partition coefficient (Wildman–Crippen LogP) is 2.35. The van der Waals surface area contributed by atoms with E-state index in [0.717, 1.165) is 24.1 Å². The zero-order valence-corrected chi connectivity index (χ0v) is 16.0. The average Bonchev–Trinajstić information content (AvgIpc) is 2.66. The molecule has 0 bridgehead atoms. The van der Waals surface area contributed by atoms with Crippen molar-refractivity contribution in [3.05, 3.63) is 53.3 Å². The van der Waals surface area contributed by atoms with Crippen LogP contribution in [0.4, 0.5) is 4.39 Å². The molecule has 3 rings (SSSR count). The molecule has 0 saturated heterocycles. The van der Waals surface area contributed by atoms with Gasteiger partial charge in [-0.3, -0.25) is 0 Å². The first-order valence-electron chi connectivity index (χ1n) is 8.52. The van der Waals surface area contributed by atoms with Gasteiger partial charge in [-0.15, -0.1) is 0 Å². The highest BCUT2D eigenvalue weighted by Crippen LogP contribution is 2.37. The molecule has 0 amide bonds. The molecule has 0 fully saturated rings. The summed E-state index contributed by atoms with van der Waals surface area (Å²) in [6, 6.07) is 8.61. The topological polar surface area (TPSA) is 84.9 Å². The number of methoxy groups -OCH3 is 2. The number of hydrogen-bond donors (Lipinski definition) is 2. The lowest BCUT2D eigenvalue weighted by Crippen LogP contribution is -2.43. The molecular formula is C19H22FNO5S. The lowest BCUT2D eigenvalue weighted by atomic mass is 9.79. The van der Waals surface area contributed by atoms with Gasteiger partial charge >= 0.3 is 0 Å². The maximum Gasteiger partial charge on any atom is 0.244 e. The summed E-state index contributed by atoms with van der Waals surface area (Å²) in [4.78, 5) is -0.306. The Bertz CT molecular complexity index is 947. The van der Waals surface area contributed by atoms with Gasteiger partial charge in [-0.1, -0.05) is 6.07 Å². The Labute approximate surface area is 158 Å². The van der Waals surface area contributed by atoms with Crippen molar-refractivity contribution < 1.29 is 27.4 Å². The van der Waals surface area contributed by atoms with Crippen LogP contribution in [-0.4, -0.2) is 34.3 Å². The number of sulfonamides is 1. The number of ether oxygens (including phenoxy) is 2. The average molecular weight is 395 g/mol. The van der Waals surface area contributed by atoms with Crippen molar-refractivity contribution in [2.75, 3.05) is 20.8 Å². The van der Waals surface area contributed by atoms with E-state index in [9.17, 15) is 17.9 Å². The molecule has 0 unspecified atom stereocenters. The summed E-state index contributed by atoms with van der Waals surface area (Å²) in [7, 11) is -1.20. The van der Waals surface area contributed by atoms with Crippen LogP contribution in [0.5, 0.6) is 11.5 Å². The van der Waals surface area contributed by atoms with E-state index < -0.39 is 21.4 Å². The summed E-state index contributed by atoms with van der Waals surface area (Å²) in [6.45, 7) is -0.228. The molecule has 1 atom stereocenters. The number of halogens is 1. The molecule has 1 aliphatic rings. The Balaban J connectivity index is 1.88. The monoisotopic (exact) mass is 395 g/mol. The maximum absolute atomic E-state index is 13.5. The highest BCUT2D eigenvalue weighted by molar-refractivity contribution is 7.89. The summed E-state index contributed by atoms with van der Waals surface area (Å²) in [6.07, 6.45) is 1.90. The molecule has 0 saturated carbocycles. The Kier molecular flexibility index (Phi) is 5.41. The minimum atomic E-state index is -4.08. The molecule has 0 spiro atoms. The largest absolute Gasteiger partial charge is 0.497 e. The molecule has 0 heterocycles. The van der Waals surface area contributed by atoms with Crippen LogP contribution in [0.25, 0.3) is 0 Å². The lowest BCUT2D eigenvalue weighted by Gasteiger charge is -2.34. The second-order valence-corrected chi connectivity index (χ2v) is 8.26. The van der Waals surface area contributed by atoms with Crippen LogP contribution in [0.15, 0.2) is 41.3 Å². The Morgan fingerprint density at radius 3 is 2.67 bits per heavy atom. The Morgan fingerprint density at radius 2 is 1.96 bits per heavy atom. The van der Waals surface area contributed by atoms with Gasteiger partial charge in [0.1, 0.15) is 27.8 Å². The van der Waals surface area contributed by atoms with Crippen molar-refractivity contribution in [2.45, 2.75) is 29.8 Å². The van der Waals surface area contributed by atoms with Crippen molar-refractivity contribution in [1.29, 1.82) is 0 Å². The van der Waals surface area contributed by atoms with Crippen LogP contribution in [0.3, 0.4) is 0 Å². The van der Waals surface area contributed by atoms with Crippen LogP contribution in [-0.2, 0) is 22.0 Å². The Hall–Kier alpha value is -2.16. The number of aryl methyl sites for hydroxylation is 1. The molecule has 8 heteroatoms. The van der Waals surface area contributed by atoms with Crippen molar-refractivity contribution in [3.63, 3.8) is 0 Å². The maximum atomic E-state index is 13.5. The number of rotatable bonds is 6. The third-order valence-electron chi connectivity index (χ3n) is 4.82. The fourth-order valence-electron chi connectivity index (χ4n) is 3.40. The van der Waals surface area contributed by atoms with Crippen LogP contribution >= 0.6 is 0 Å². The number of aliphatic hydroxyl groups is 1. The van der Waals surface area contributed by atoms with Crippen LogP contribution in [0.1, 0.15) is 24.0 Å². The minimum absolute atomic E-state index is 0.0321. The molecule has 0 aliphatic heterocycles. The van der Waals surface area contributed by atoms with E-state index >= 15 is 0 Å². The van der Waals surface area contributed by atoms with E-state index in [2.05, 4.69) is 4.72 Å². The summed E-state index contributed by atoms with van der Waals surface area (Å²) >= 11 is 0. The Morgan fingerprint density at radius 1 is 1.19 bits per heavy atom. The first-order valence-corrected chi connectivity index (χ1v) is 10.0. The molecular weight excluding hydrogens is 373 g/mol. The first-order chi connectivity index (χ1) is 12.8. The first kappa shape index (κ1) is 19.6. The zero-order chi connectivity index (χ0) is 19.7. The predicted molar refractivity (Wildman–Crippen MR) is 98.0 cm³/mol. The lowest BCUT2D eigenvalue weighted by molar-refractivity contribution is 0.0242. The number of hydrogen-bond acceptors (Lipinski definition) is 5. The molecule has 27 heavy (non-hydrogen) atoms. The van der Waals surface area contributed by atoms with Crippen molar-refractivity contribution in [3.8, 4) is 11.5 Å². The summed E-state index contributed by atoms with van der Waals surface area (Å²) in [5.74, 6) is 0.0257. The molecule has 0 aromatic heterocycles. The van der Waals surface area contributed by atoms with E-state index in [1.165, 1.54) is 13.2 Å². The summed E-state index contributed by atoms with van der Waals surface area (Å²) < 4.78 is 51.5. The highest BCUT2D eigenvalue weighted by atomic mass is 32.2. The molecule has 2 N–H and O–H groups in total. The third kappa shape index (κ3) is 3.92. The van der Waals surface area contributed by atoms with Gasteiger partial charge in [0.05, 0.1) is 14.2 Å². The smallest absolute Gasteiger partial charge is 0.244 e. The van der Waals surface area contributed by atoms with Crippen molar-refractivity contribution in [1.82, 2.24) is 4.72 Å². The fourth-order valence-corrected chi connectivity index (χ4v) is 4.67. The summed E-state index contributed by atoms with van der Waals surface area (Å²) in [5.41, 5.74) is 0.238. The SMILES string of the molecule is COc1ccc2c(c1)CCC[C@]2(O)CNS(=O)(=O)c1cc(F)ccc1OC. The van der Waals surface area contributed by atoms with Crippen molar-refractivity contribution >= 4 is 10.0 Å². The van der Waals surface area contributed by atoms with Gasteiger partial charge in [0.2, 0.25) is 10.0 Å². The van der Waals surface area contributed by atoms with E-state index in [1.807, 2.05) is 6.07 Å². The van der Waals surface area contributed by atoms with Crippen LogP contribution in [0, 0.1) is 5.82 Å². The van der Waals surface area contributed by atoms with Crippen LogP contribution < -0.4 is 14.2 Å². The quantitative estimate of drug-likeness (QED) is 0.784. The van der Waals surface area contributed by atoms with E-state index in [0.29, 0.717) is 24.2 Å². The van der Waals surface area contributed by atoms with Gasteiger partial charge in [0, 0.05) is 6.54 Å². The standard InChI is InChI=1S/C19H22FNO5S/c1-25-15-6-7-16-13(10-15)4-3-9-19(16,22)12-21-27(23,24)18-11-14(20)5-8-17(18)26-2/h5-8,10-11,21-22H,3-4,9,12H2,1-2H3/t19-/m0/s1. The highest BCUT2D eigenvalue weighted by Gasteiger charge is 2.36. The number of benzene rings is 2. The molecule has 1 aliphatic carbocycles. The number of nitrogens with one attached hydrogen (secondary N) is 1. The van der Waals surface area contributed by atoms with E-state index in [-0.39, 0.29) is 17.2 Å².